The topological polar surface area (TPSA) is 64.6 Å². The van der Waals surface area contributed by atoms with E-state index in [9.17, 15) is 9.59 Å². The fourth-order valence-corrected chi connectivity index (χ4v) is 3.54. The van der Waals surface area contributed by atoms with Gasteiger partial charge in [0, 0.05) is 0 Å². The van der Waals surface area contributed by atoms with Gasteiger partial charge in [-0.15, -0.1) is 0 Å². The van der Waals surface area contributed by atoms with E-state index in [2.05, 4.69) is 19.2 Å². The number of nitrogens with one attached hydrogen (secondary N) is 1. The number of benzene rings is 1. The van der Waals surface area contributed by atoms with Gasteiger partial charge in [-0.05, 0) is 55.7 Å². The van der Waals surface area contributed by atoms with E-state index in [1.165, 1.54) is 7.11 Å². The highest BCUT2D eigenvalue weighted by Gasteiger charge is 2.46. The Morgan fingerprint density at radius 1 is 1.16 bits per heavy atom. The Balaban J connectivity index is 2.17. The normalized spacial score (nSPS) is 27.2. The molecule has 4 atom stereocenters. The van der Waals surface area contributed by atoms with Crippen LogP contribution in [0.5, 0.6) is 5.75 Å². The van der Waals surface area contributed by atoms with Gasteiger partial charge in [0.1, 0.15) is 11.3 Å². The molecule has 2 rings (SSSR count). The van der Waals surface area contributed by atoms with Gasteiger partial charge in [-0.3, -0.25) is 4.79 Å². The van der Waals surface area contributed by atoms with E-state index >= 15 is 0 Å². The fraction of sp³-hybridized carbons (Fsp3) is 0.600. The number of esters is 1. The van der Waals surface area contributed by atoms with Crippen molar-refractivity contribution in [1.82, 2.24) is 5.32 Å². The minimum absolute atomic E-state index is 0.155. The van der Waals surface area contributed by atoms with Gasteiger partial charge in [-0.25, -0.2) is 4.79 Å². The molecular formula is C20H29NO4. The first kappa shape index (κ1) is 19.3. The SMILES string of the molecule is COC(=O)C1(NC(=O)C(C)c2ccc(OC)cc2)CCC(C)C(C)C1. The Bertz CT molecular complexity index is 613. The molecule has 0 heterocycles. The van der Waals surface area contributed by atoms with Crippen molar-refractivity contribution in [3.63, 3.8) is 0 Å². The molecule has 1 saturated carbocycles. The summed E-state index contributed by atoms with van der Waals surface area (Å²) < 4.78 is 10.2. The monoisotopic (exact) mass is 347 g/mol. The number of hydrogen-bond donors (Lipinski definition) is 1. The zero-order valence-electron chi connectivity index (χ0n) is 15.8. The summed E-state index contributed by atoms with van der Waals surface area (Å²) in [5, 5.41) is 3.02. The molecule has 0 saturated heterocycles. The molecule has 1 aromatic carbocycles. The number of hydrogen-bond acceptors (Lipinski definition) is 4. The highest BCUT2D eigenvalue weighted by molar-refractivity contribution is 5.91. The largest absolute Gasteiger partial charge is 0.497 e. The van der Waals surface area contributed by atoms with Crippen LogP contribution in [0.1, 0.15) is 51.5 Å². The number of carbonyl (C=O) groups excluding carboxylic acids is 2. The van der Waals surface area contributed by atoms with Crippen LogP contribution in [0, 0.1) is 11.8 Å². The van der Waals surface area contributed by atoms with Gasteiger partial charge < -0.3 is 14.8 Å². The number of amides is 1. The summed E-state index contributed by atoms with van der Waals surface area (Å²) in [7, 11) is 2.99. The predicted molar refractivity (Wildman–Crippen MR) is 96.5 cm³/mol. The van der Waals surface area contributed by atoms with Crippen LogP contribution in [0.25, 0.3) is 0 Å². The van der Waals surface area contributed by atoms with Crippen molar-refractivity contribution in [2.75, 3.05) is 14.2 Å². The zero-order chi connectivity index (χ0) is 18.6. The van der Waals surface area contributed by atoms with Gasteiger partial charge in [0.15, 0.2) is 0 Å². The lowest BCUT2D eigenvalue weighted by Crippen LogP contribution is -2.59. The number of carbonyl (C=O) groups is 2. The maximum Gasteiger partial charge on any atom is 0.331 e. The van der Waals surface area contributed by atoms with Crippen LogP contribution in [-0.4, -0.2) is 31.6 Å². The Hall–Kier alpha value is -2.04. The van der Waals surface area contributed by atoms with Gasteiger partial charge >= 0.3 is 5.97 Å². The van der Waals surface area contributed by atoms with Gasteiger partial charge in [-0.1, -0.05) is 26.0 Å². The number of rotatable bonds is 5. The van der Waals surface area contributed by atoms with Crippen LogP contribution in [0.3, 0.4) is 0 Å². The second-order valence-electron chi connectivity index (χ2n) is 7.26. The van der Waals surface area contributed by atoms with Crippen LogP contribution in [0.4, 0.5) is 0 Å². The summed E-state index contributed by atoms with van der Waals surface area (Å²) in [6.07, 6.45) is 2.13. The van der Waals surface area contributed by atoms with Crippen LogP contribution >= 0.6 is 0 Å². The smallest absolute Gasteiger partial charge is 0.331 e. The Morgan fingerprint density at radius 3 is 2.32 bits per heavy atom. The molecule has 0 aromatic heterocycles. The number of ether oxygens (including phenoxy) is 2. The first-order chi connectivity index (χ1) is 11.8. The standard InChI is InChI=1S/C20H29NO4/c1-13-10-11-20(12-14(13)2,19(23)25-5)21-18(22)15(3)16-6-8-17(24-4)9-7-16/h6-9,13-15H,10-12H2,1-5H3,(H,21,22). The maximum absolute atomic E-state index is 12.8. The molecule has 5 nitrogen and oxygen atoms in total. The molecule has 1 aliphatic rings. The Kier molecular flexibility index (Phi) is 6.09. The fourth-order valence-electron chi connectivity index (χ4n) is 3.54. The van der Waals surface area contributed by atoms with Crippen LogP contribution < -0.4 is 10.1 Å². The Morgan fingerprint density at radius 2 is 1.80 bits per heavy atom. The summed E-state index contributed by atoms with van der Waals surface area (Å²) in [5.74, 6) is 0.775. The van der Waals surface area contributed by atoms with E-state index in [1.54, 1.807) is 7.11 Å². The van der Waals surface area contributed by atoms with E-state index in [0.717, 1.165) is 17.7 Å². The third-order valence-electron chi connectivity index (χ3n) is 5.62. The van der Waals surface area contributed by atoms with Crippen molar-refractivity contribution in [2.24, 2.45) is 11.8 Å². The quantitative estimate of drug-likeness (QED) is 0.830. The minimum atomic E-state index is -0.918. The lowest BCUT2D eigenvalue weighted by molar-refractivity contribution is -0.154. The van der Waals surface area contributed by atoms with Crippen LogP contribution in [0.15, 0.2) is 24.3 Å². The number of methoxy groups -OCH3 is 2. The van der Waals surface area contributed by atoms with Gasteiger partial charge in [0.25, 0.3) is 0 Å². The van der Waals surface area contributed by atoms with Crippen molar-refractivity contribution in [3.05, 3.63) is 29.8 Å². The second-order valence-corrected chi connectivity index (χ2v) is 7.26. The highest BCUT2D eigenvalue weighted by Crippen LogP contribution is 2.37. The summed E-state index contributed by atoms with van der Waals surface area (Å²) in [4.78, 5) is 25.3. The van der Waals surface area contributed by atoms with Gasteiger partial charge in [0.05, 0.1) is 20.1 Å². The van der Waals surface area contributed by atoms with Crippen molar-refractivity contribution in [1.29, 1.82) is 0 Å². The summed E-state index contributed by atoms with van der Waals surface area (Å²) in [5.41, 5.74) is -0.0334. The lowest BCUT2D eigenvalue weighted by Gasteiger charge is -2.41. The summed E-state index contributed by atoms with van der Waals surface area (Å²) in [6, 6.07) is 7.41. The van der Waals surface area contributed by atoms with E-state index < -0.39 is 5.54 Å². The molecular weight excluding hydrogens is 318 g/mol. The third kappa shape index (κ3) is 4.14. The van der Waals surface area contributed by atoms with Gasteiger partial charge in [-0.2, -0.15) is 0 Å². The van der Waals surface area contributed by atoms with E-state index in [4.69, 9.17) is 9.47 Å². The predicted octanol–water partition coefficient (Wildman–Crippen LogP) is 3.28. The molecule has 1 aliphatic carbocycles. The van der Waals surface area contributed by atoms with Crippen molar-refractivity contribution in [3.8, 4) is 5.75 Å². The molecule has 1 N–H and O–H groups in total. The molecule has 1 aromatic rings. The highest BCUT2D eigenvalue weighted by atomic mass is 16.5. The molecule has 1 fully saturated rings. The molecule has 4 unspecified atom stereocenters. The van der Waals surface area contributed by atoms with Crippen molar-refractivity contribution in [2.45, 2.75) is 51.5 Å². The lowest BCUT2D eigenvalue weighted by atomic mass is 9.71. The summed E-state index contributed by atoms with van der Waals surface area (Å²) in [6.45, 7) is 6.16. The zero-order valence-corrected chi connectivity index (χ0v) is 15.8. The average Bonchev–Trinajstić information content (AvgIpc) is 2.63. The Labute approximate surface area is 150 Å². The first-order valence-electron chi connectivity index (χ1n) is 8.87. The molecule has 1 amide bonds. The van der Waals surface area contributed by atoms with Crippen LogP contribution in [-0.2, 0) is 14.3 Å². The van der Waals surface area contributed by atoms with E-state index in [-0.39, 0.29) is 17.8 Å². The molecule has 138 valence electrons. The van der Waals surface area contributed by atoms with Gasteiger partial charge in [0.2, 0.25) is 5.91 Å². The van der Waals surface area contributed by atoms with Crippen molar-refractivity contribution >= 4 is 11.9 Å². The molecule has 0 bridgehead atoms. The molecule has 0 aliphatic heterocycles. The maximum atomic E-state index is 12.8. The van der Waals surface area contributed by atoms with Crippen LogP contribution in [0.2, 0.25) is 0 Å². The molecule has 5 heteroatoms. The van der Waals surface area contributed by atoms with E-state index in [1.807, 2.05) is 31.2 Å². The molecule has 0 spiro atoms. The van der Waals surface area contributed by atoms with E-state index in [0.29, 0.717) is 24.7 Å². The first-order valence-corrected chi connectivity index (χ1v) is 8.87. The van der Waals surface area contributed by atoms with Crippen molar-refractivity contribution < 1.29 is 19.1 Å². The molecule has 25 heavy (non-hydrogen) atoms. The molecule has 0 radical (unpaired) electrons. The second kappa shape index (κ2) is 7.89. The average molecular weight is 347 g/mol. The minimum Gasteiger partial charge on any atom is -0.497 e. The third-order valence-corrected chi connectivity index (χ3v) is 5.62. The summed E-state index contributed by atoms with van der Waals surface area (Å²) >= 11 is 0.